The smallest absolute Gasteiger partial charge is 0.124 e. The molecule has 2 rings (SSSR count). The van der Waals surface area contributed by atoms with Crippen molar-refractivity contribution in [3.05, 3.63) is 65.0 Å². The van der Waals surface area contributed by atoms with Crippen molar-refractivity contribution in [3.8, 4) is 5.75 Å². The molecule has 0 saturated carbocycles. The van der Waals surface area contributed by atoms with E-state index < -0.39 is 0 Å². The third-order valence-corrected chi connectivity index (χ3v) is 3.37. The summed E-state index contributed by atoms with van der Waals surface area (Å²) in [4.78, 5) is 0. The van der Waals surface area contributed by atoms with E-state index in [9.17, 15) is 4.39 Å². The average molecular weight is 287 g/mol. The quantitative estimate of drug-likeness (QED) is 0.858. The van der Waals surface area contributed by atoms with Crippen molar-refractivity contribution >= 4 is 0 Å². The second-order valence-electron chi connectivity index (χ2n) is 5.02. The van der Waals surface area contributed by atoms with Gasteiger partial charge in [0.25, 0.3) is 0 Å². The molecule has 0 saturated heterocycles. The zero-order valence-corrected chi connectivity index (χ0v) is 12.8. The second-order valence-corrected chi connectivity index (χ2v) is 5.02. The van der Waals surface area contributed by atoms with Gasteiger partial charge in [0, 0.05) is 5.56 Å². The van der Waals surface area contributed by atoms with E-state index in [0.717, 1.165) is 29.0 Å². The van der Waals surface area contributed by atoms with E-state index in [0.29, 0.717) is 6.61 Å². The van der Waals surface area contributed by atoms with E-state index in [1.807, 2.05) is 39.0 Å². The van der Waals surface area contributed by atoms with Gasteiger partial charge in [-0.25, -0.2) is 4.39 Å². The van der Waals surface area contributed by atoms with E-state index in [-0.39, 0.29) is 11.9 Å². The Labute approximate surface area is 126 Å². The number of benzene rings is 2. The molecule has 1 N–H and O–H groups in total. The molecule has 3 heteroatoms. The number of aryl methyl sites for hydroxylation is 1. The molecule has 2 nitrogen and oxygen atoms in total. The van der Waals surface area contributed by atoms with Crippen LogP contribution in [0.15, 0.2) is 42.5 Å². The van der Waals surface area contributed by atoms with Crippen LogP contribution in [-0.4, -0.2) is 13.2 Å². The lowest BCUT2D eigenvalue weighted by Crippen LogP contribution is -2.23. The first-order valence-corrected chi connectivity index (χ1v) is 7.37. The lowest BCUT2D eigenvalue weighted by atomic mass is 9.96. The molecular weight excluding hydrogens is 265 g/mol. The molecule has 2 aromatic rings. The number of nitrogens with one attached hydrogen (secondary N) is 1. The number of rotatable bonds is 6. The number of halogens is 1. The summed E-state index contributed by atoms with van der Waals surface area (Å²) in [5, 5.41) is 3.42. The van der Waals surface area contributed by atoms with Crippen LogP contribution in [0.1, 0.15) is 36.6 Å². The van der Waals surface area contributed by atoms with Crippen molar-refractivity contribution < 1.29 is 9.13 Å². The van der Waals surface area contributed by atoms with Crippen LogP contribution in [0.2, 0.25) is 0 Å². The highest BCUT2D eigenvalue weighted by Crippen LogP contribution is 2.31. The molecular formula is C18H22FNO. The number of hydrogen-bond acceptors (Lipinski definition) is 2. The summed E-state index contributed by atoms with van der Waals surface area (Å²) in [6.45, 7) is 7.46. The van der Waals surface area contributed by atoms with Gasteiger partial charge in [-0.1, -0.05) is 36.8 Å². The summed E-state index contributed by atoms with van der Waals surface area (Å²) >= 11 is 0. The number of hydrogen-bond donors (Lipinski definition) is 1. The fourth-order valence-corrected chi connectivity index (χ4v) is 2.48. The Bertz CT molecular complexity index is 598. The predicted molar refractivity (Wildman–Crippen MR) is 84.3 cm³/mol. The molecule has 0 aromatic heterocycles. The maximum absolute atomic E-state index is 13.6. The molecule has 0 bridgehead atoms. The molecule has 0 fully saturated rings. The normalized spacial score (nSPS) is 12.2. The summed E-state index contributed by atoms with van der Waals surface area (Å²) in [5.74, 6) is 0.624. The van der Waals surface area contributed by atoms with E-state index in [4.69, 9.17) is 4.74 Å². The highest BCUT2D eigenvalue weighted by molar-refractivity contribution is 5.44. The summed E-state index contributed by atoms with van der Waals surface area (Å²) in [5.41, 5.74) is 3.11. The first kappa shape index (κ1) is 15.5. The molecule has 0 amide bonds. The fraction of sp³-hybridized carbons (Fsp3) is 0.333. The monoisotopic (exact) mass is 287 g/mol. The molecule has 0 heterocycles. The molecule has 21 heavy (non-hydrogen) atoms. The summed E-state index contributed by atoms with van der Waals surface area (Å²) in [7, 11) is 0. The average Bonchev–Trinajstić information content (AvgIpc) is 2.47. The van der Waals surface area contributed by atoms with Gasteiger partial charge in [-0.2, -0.15) is 0 Å². The standard InChI is InChI=1S/C18H22FNO/c1-4-20-18(14-7-6-8-15(19)12-14)16-11-13(3)9-10-17(16)21-5-2/h6-12,18,20H,4-5H2,1-3H3. The Morgan fingerprint density at radius 2 is 1.95 bits per heavy atom. The minimum atomic E-state index is -0.221. The molecule has 1 atom stereocenters. The zero-order valence-electron chi connectivity index (χ0n) is 12.8. The van der Waals surface area contributed by atoms with Gasteiger partial charge in [-0.15, -0.1) is 0 Å². The summed E-state index contributed by atoms with van der Waals surface area (Å²) in [6.07, 6.45) is 0. The maximum Gasteiger partial charge on any atom is 0.124 e. The molecule has 0 radical (unpaired) electrons. The molecule has 0 spiro atoms. The Morgan fingerprint density at radius 1 is 1.14 bits per heavy atom. The number of ether oxygens (including phenoxy) is 1. The molecule has 2 aromatic carbocycles. The van der Waals surface area contributed by atoms with Crippen LogP contribution in [0.5, 0.6) is 5.75 Å². The lowest BCUT2D eigenvalue weighted by Gasteiger charge is -2.22. The van der Waals surface area contributed by atoms with E-state index in [1.165, 1.54) is 6.07 Å². The van der Waals surface area contributed by atoms with Crippen LogP contribution in [-0.2, 0) is 0 Å². The molecule has 0 aliphatic heterocycles. The van der Waals surface area contributed by atoms with E-state index >= 15 is 0 Å². The van der Waals surface area contributed by atoms with Crippen molar-refractivity contribution in [1.82, 2.24) is 5.32 Å². The van der Waals surface area contributed by atoms with Gasteiger partial charge >= 0.3 is 0 Å². The molecule has 0 aliphatic carbocycles. The minimum absolute atomic E-state index is 0.0767. The third kappa shape index (κ3) is 3.82. The minimum Gasteiger partial charge on any atom is -0.494 e. The lowest BCUT2D eigenvalue weighted by molar-refractivity contribution is 0.333. The Balaban J connectivity index is 2.49. The van der Waals surface area contributed by atoms with E-state index in [1.54, 1.807) is 12.1 Å². The van der Waals surface area contributed by atoms with Gasteiger partial charge in [0.1, 0.15) is 11.6 Å². The van der Waals surface area contributed by atoms with Crippen molar-refractivity contribution in [3.63, 3.8) is 0 Å². The maximum atomic E-state index is 13.6. The third-order valence-electron chi connectivity index (χ3n) is 3.37. The topological polar surface area (TPSA) is 21.3 Å². The van der Waals surface area contributed by atoms with Crippen LogP contribution in [0.25, 0.3) is 0 Å². The van der Waals surface area contributed by atoms with Crippen LogP contribution >= 0.6 is 0 Å². The first-order chi connectivity index (χ1) is 10.2. The van der Waals surface area contributed by atoms with Crippen LogP contribution in [0.3, 0.4) is 0 Å². The predicted octanol–water partition coefficient (Wildman–Crippen LogP) is 4.23. The summed E-state index contributed by atoms with van der Waals surface area (Å²) < 4.78 is 19.3. The van der Waals surface area contributed by atoms with Crippen molar-refractivity contribution in [2.45, 2.75) is 26.8 Å². The molecule has 1 unspecified atom stereocenters. The van der Waals surface area contributed by atoms with Gasteiger partial charge < -0.3 is 10.1 Å². The summed E-state index contributed by atoms with van der Waals surface area (Å²) in [6, 6.07) is 12.8. The van der Waals surface area contributed by atoms with Crippen molar-refractivity contribution in [1.29, 1.82) is 0 Å². The first-order valence-electron chi connectivity index (χ1n) is 7.37. The van der Waals surface area contributed by atoms with Crippen molar-refractivity contribution in [2.75, 3.05) is 13.2 Å². The Morgan fingerprint density at radius 3 is 2.62 bits per heavy atom. The van der Waals surface area contributed by atoms with Gasteiger partial charge in [0.2, 0.25) is 0 Å². The Hall–Kier alpha value is -1.87. The van der Waals surface area contributed by atoms with Gasteiger partial charge in [-0.3, -0.25) is 0 Å². The van der Waals surface area contributed by atoms with Gasteiger partial charge in [0.15, 0.2) is 0 Å². The second kappa shape index (κ2) is 7.23. The van der Waals surface area contributed by atoms with Crippen LogP contribution in [0.4, 0.5) is 4.39 Å². The largest absolute Gasteiger partial charge is 0.494 e. The Kier molecular flexibility index (Phi) is 5.34. The SMILES string of the molecule is CCNC(c1cccc(F)c1)c1cc(C)ccc1OCC. The van der Waals surface area contributed by atoms with Gasteiger partial charge in [-0.05, 0) is 44.2 Å². The fourth-order valence-electron chi connectivity index (χ4n) is 2.48. The van der Waals surface area contributed by atoms with Crippen molar-refractivity contribution in [2.24, 2.45) is 0 Å². The zero-order chi connectivity index (χ0) is 15.2. The van der Waals surface area contributed by atoms with Crippen LogP contribution in [0, 0.1) is 12.7 Å². The van der Waals surface area contributed by atoms with Crippen LogP contribution < -0.4 is 10.1 Å². The molecule has 0 aliphatic rings. The van der Waals surface area contributed by atoms with Gasteiger partial charge in [0.05, 0.1) is 12.6 Å². The molecule has 112 valence electrons. The van der Waals surface area contributed by atoms with E-state index in [2.05, 4.69) is 11.4 Å². The highest BCUT2D eigenvalue weighted by Gasteiger charge is 2.18. The highest BCUT2D eigenvalue weighted by atomic mass is 19.1.